The van der Waals surface area contributed by atoms with Crippen molar-refractivity contribution in [3.05, 3.63) is 52.1 Å². The van der Waals surface area contributed by atoms with E-state index in [9.17, 15) is 34.2 Å². The Hall–Kier alpha value is -4.62. The molecule has 36 heavy (non-hydrogen) atoms. The van der Waals surface area contributed by atoms with Gasteiger partial charge in [0.25, 0.3) is 5.91 Å². The van der Waals surface area contributed by atoms with Gasteiger partial charge in [-0.05, 0) is 12.8 Å². The number of nitrogens with one attached hydrogen (secondary N) is 5. The highest BCUT2D eigenvalue weighted by Crippen LogP contribution is 2.14. The van der Waals surface area contributed by atoms with E-state index < -0.39 is 54.3 Å². The van der Waals surface area contributed by atoms with Crippen molar-refractivity contribution in [3.63, 3.8) is 0 Å². The van der Waals surface area contributed by atoms with Crippen molar-refractivity contribution in [2.24, 2.45) is 4.99 Å². The van der Waals surface area contributed by atoms with Gasteiger partial charge in [0.1, 0.15) is 12.6 Å². The van der Waals surface area contributed by atoms with Gasteiger partial charge < -0.3 is 36.5 Å². The van der Waals surface area contributed by atoms with Crippen molar-refractivity contribution in [2.45, 2.75) is 25.4 Å². The minimum Gasteiger partial charge on any atom is -0.493 e. The largest absolute Gasteiger partial charge is 0.493 e. The second kappa shape index (κ2) is 12.2. The summed E-state index contributed by atoms with van der Waals surface area (Å²) in [5, 5.41) is 30.2. The molecule has 1 aromatic heterocycles. The smallest absolute Gasteiger partial charge is 0.329 e. The first-order valence-electron chi connectivity index (χ1n) is 11.2. The predicted octanol–water partition coefficient (Wildman–Crippen LogP) is -2.07. The second-order valence-electron chi connectivity index (χ2n) is 7.87. The summed E-state index contributed by atoms with van der Waals surface area (Å²) in [7, 11) is 0. The number of H-pyrrole nitrogens is 1. The Labute approximate surface area is 204 Å². The molecular weight excluding hydrogens is 474 g/mol. The number of aliphatic carboxylic acids is 1. The average molecular weight is 502 g/mol. The van der Waals surface area contributed by atoms with E-state index in [0.29, 0.717) is 31.9 Å². The number of aromatic amines is 1. The van der Waals surface area contributed by atoms with Crippen molar-refractivity contribution in [1.29, 1.82) is 0 Å². The SMILES string of the molecule is O=C(Cn1c(O)c(CCCNC2=NCCN2)[nH]c1=O)NC[C@H](NC(=O)C(=O)c1ccccc1)C(=O)O. The maximum atomic E-state index is 12.3. The molecule has 0 saturated heterocycles. The number of carbonyl (C=O) groups is 4. The molecule has 1 aliphatic rings. The van der Waals surface area contributed by atoms with Crippen molar-refractivity contribution < 1.29 is 29.4 Å². The van der Waals surface area contributed by atoms with Gasteiger partial charge in [0.2, 0.25) is 17.6 Å². The van der Waals surface area contributed by atoms with E-state index >= 15 is 0 Å². The summed E-state index contributed by atoms with van der Waals surface area (Å²) in [6.45, 7) is 0.898. The number of amides is 2. The summed E-state index contributed by atoms with van der Waals surface area (Å²) in [6, 6.07) is 5.99. The molecule has 14 heteroatoms. The molecule has 0 unspecified atom stereocenters. The number of aliphatic imine (C=N–C) groups is 1. The third-order valence-electron chi connectivity index (χ3n) is 5.25. The lowest BCUT2D eigenvalue weighted by atomic mass is 10.1. The number of imidazole rings is 1. The third kappa shape index (κ3) is 6.94. The number of aryl methyl sites for hydroxylation is 1. The van der Waals surface area contributed by atoms with Crippen LogP contribution in [0.25, 0.3) is 0 Å². The minimum atomic E-state index is -1.59. The Balaban J connectivity index is 1.50. The normalized spacial score (nSPS) is 13.3. The van der Waals surface area contributed by atoms with Crippen LogP contribution in [0.15, 0.2) is 40.1 Å². The highest BCUT2D eigenvalue weighted by atomic mass is 16.4. The van der Waals surface area contributed by atoms with Crippen LogP contribution in [0.4, 0.5) is 0 Å². The molecule has 192 valence electrons. The molecule has 14 nitrogen and oxygen atoms in total. The first kappa shape index (κ1) is 26.0. The number of benzene rings is 1. The van der Waals surface area contributed by atoms with Crippen LogP contribution in [0, 0.1) is 0 Å². The highest BCUT2D eigenvalue weighted by molar-refractivity contribution is 6.43. The zero-order valence-corrected chi connectivity index (χ0v) is 19.2. The quantitative estimate of drug-likeness (QED) is 0.0967. The second-order valence-corrected chi connectivity index (χ2v) is 7.87. The van der Waals surface area contributed by atoms with Gasteiger partial charge in [0.15, 0.2) is 5.96 Å². The van der Waals surface area contributed by atoms with Crippen LogP contribution in [0.5, 0.6) is 5.88 Å². The number of carboxylic acid groups (broad SMARTS) is 1. The lowest BCUT2D eigenvalue weighted by Crippen LogP contribution is -2.50. The van der Waals surface area contributed by atoms with Gasteiger partial charge in [0, 0.05) is 25.2 Å². The number of hydrogen-bond acceptors (Lipinski definition) is 9. The zero-order valence-electron chi connectivity index (χ0n) is 19.2. The first-order valence-corrected chi connectivity index (χ1v) is 11.2. The van der Waals surface area contributed by atoms with E-state index in [1.54, 1.807) is 18.2 Å². The Morgan fingerprint density at radius 3 is 2.58 bits per heavy atom. The predicted molar refractivity (Wildman–Crippen MR) is 127 cm³/mol. The lowest BCUT2D eigenvalue weighted by Gasteiger charge is -2.15. The molecule has 7 N–H and O–H groups in total. The van der Waals surface area contributed by atoms with Crippen molar-refractivity contribution >= 4 is 29.5 Å². The monoisotopic (exact) mass is 501 g/mol. The van der Waals surface area contributed by atoms with Crippen molar-refractivity contribution in [3.8, 4) is 5.88 Å². The molecule has 2 amide bonds. The fourth-order valence-corrected chi connectivity index (χ4v) is 3.38. The summed E-state index contributed by atoms with van der Waals surface area (Å²) >= 11 is 0. The molecule has 2 heterocycles. The molecule has 1 atom stereocenters. The van der Waals surface area contributed by atoms with Gasteiger partial charge in [-0.25, -0.2) is 9.59 Å². The average Bonchev–Trinajstić information content (AvgIpc) is 3.48. The first-order chi connectivity index (χ1) is 17.3. The Kier molecular flexibility index (Phi) is 8.80. The number of ketones is 1. The van der Waals surface area contributed by atoms with E-state index in [-0.39, 0.29) is 11.3 Å². The Morgan fingerprint density at radius 2 is 1.92 bits per heavy atom. The molecule has 0 spiro atoms. The maximum Gasteiger partial charge on any atom is 0.329 e. The molecule has 0 aliphatic carbocycles. The van der Waals surface area contributed by atoms with Gasteiger partial charge in [-0.15, -0.1) is 0 Å². The highest BCUT2D eigenvalue weighted by Gasteiger charge is 2.25. The molecule has 3 rings (SSSR count). The van der Waals surface area contributed by atoms with Gasteiger partial charge in [-0.3, -0.25) is 23.9 Å². The van der Waals surface area contributed by atoms with Crippen LogP contribution in [-0.2, 0) is 27.3 Å². The Bertz CT molecular complexity index is 1200. The lowest BCUT2D eigenvalue weighted by molar-refractivity contribution is -0.141. The number of carbonyl (C=O) groups excluding carboxylic acids is 3. The van der Waals surface area contributed by atoms with Crippen LogP contribution in [0.2, 0.25) is 0 Å². The molecule has 2 aromatic rings. The molecule has 0 fully saturated rings. The van der Waals surface area contributed by atoms with E-state index in [0.717, 1.165) is 11.1 Å². The maximum absolute atomic E-state index is 12.3. The summed E-state index contributed by atoms with van der Waals surface area (Å²) in [5.74, 6) is -4.02. The van der Waals surface area contributed by atoms with Crippen LogP contribution in [0.1, 0.15) is 22.5 Å². The van der Waals surface area contributed by atoms with E-state index in [1.807, 2.05) is 0 Å². The molecule has 0 saturated carbocycles. The number of Topliss-reactive ketones (excluding diaryl/α,β-unsaturated/α-hetero) is 1. The third-order valence-corrected chi connectivity index (χ3v) is 5.25. The Morgan fingerprint density at radius 1 is 1.17 bits per heavy atom. The van der Waals surface area contributed by atoms with Crippen molar-refractivity contribution in [2.75, 3.05) is 26.2 Å². The van der Waals surface area contributed by atoms with Gasteiger partial charge in [0.05, 0.1) is 12.2 Å². The number of hydrogen-bond donors (Lipinski definition) is 7. The summed E-state index contributed by atoms with van der Waals surface area (Å²) in [5.41, 5.74) is -0.365. The number of aromatic hydroxyl groups is 1. The molecule has 0 bridgehead atoms. The standard InChI is InChI=1S/C22H27N7O7/c30-16(26-11-15(20(34)35)27-18(32)17(31)13-5-2-1-3-6-13)12-29-19(33)14(28-22(29)36)7-4-8-23-21-24-9-10-25-21/h1-3,5-6,15,33H,4,7-12H2,(H,26,30)(H,27,32)(H,28,36)(H,34,35)(H2,23,24,25)/t15-/m0/s1. The van der Waals surface area contributed by atoms with Crippen LogP contribution >= 0.6 is 0 Å². The fourth-order valence-electron chi connectivity index (χ4n) is 3.38. The fraction of sp³-hybridized carbons (Fsp3) is 0.364. The number of rotatable bonds is 12. The van der Waals surface area contributed by atoms with Crippen LogP contribution < -0.4 is 27.0 Å². The van der Waals surface area contributed by atoms with E-state index in [2.05, 4.69) is 31.2 Å². The zero-order chi connectivity index (χ0) is 26.1. The summed E-state index contributed by atoms with van der Waals surface area (Å²) in [4.78, 5) is 66.9. The van der Waals surface area contributed by atoms with Crippen molar-refractivity contribution in [1.82, 2.24) is 30.8 Å². The van der Waals surface area contributed by atoms with E-state index in [1.165, 1.54) is 12.1 Å². The van der Waals surface area contributed by atoms with Gasteiger partial charge >= 0.3 is 11.7 Å². The number of guanidine groups is 1. The molecule has 1 aliphatic heterocycles. The van der Waals surface area contributed by atoms with E-state index in [4.69, 9.17) is 0 Å². The van der Waals surface area contributed by atoms with Crippen LogP contribution in [-0.4, -0.2) is 81.5 Å². The summed E-state index contributed by atoms with van der Waals surface area (Å²) < 4.78 is 0.813. The topological polar surface area (TPSA) is 207 Å². The number of aromatic nitrogens is 2. The van der Waals surface area contributed by atoms with Gasteiger partial charge in [-0.1, -0.05) is 30.3 Å². The summed E-state index contributed by atoms with van der Waals surface area (Å²) in [6.07, 6.45) is 0.903. The van der Waals surface area contributed by atoms with Crippen LogP contribution in [0.3, 0.4) is 0 Å². The van der Waals surface area contributed by atoms with Gasteiger partial charge in [-0.2, -0.15) is 0 Å². The number of nitrogens with zero attached hydrogens (tertiary/aromatic N) is 2. The minimum absolute atomic E-state index is 0.0843. The molecular formula is C22H27N7O7. The molecule has 1 aromatic carbocycles. The molecule has 0 radical (unpaired) electrons. The number of carboxylic acids is 1.